The van der Waals surface area contributed by atoms with E-state index in [4.69, 9.17) is 0 Å². The Kier molecular flexibility index (Phi) is 6.34. The van der Waals surface area contributed by atoms with Crippen LogP contribution in [0.5, 0.6) is 0 Å². The van der Waals surface area contributed by atoms with Crippen LogP contribution in [0.15, 0.2) is 30.6 Å². The molecular weight excluding hydrogens is 312 g/mol. The molecule has 1 aliphatic rings. The number of aromatic nitrogens is 3. The van der Waals surface area contributed by atoms with Gasteiger partial charge >= 0.3 is 0 Å². The van der Waals surface area contributed by atoms with Crippen LogP contribution in [0, 0.1) is 5.92 Å². The molecule has 0 amide bonds. The quantitative estimate of drug-likeness (QED) is 0.749. The maximum atomic E-state index is 10.1. The first-order valence-corrected chi connectivity index (χ1v) is 9.46. The van der Waals surface area contributed by atoms with Crippen molar-refractivity contribution in [3.05, 3.63) is 36.3 Å². The van der Waals surface area contributed by atoms with E-state index < -0.39 is 0 Å². The fourth-order valence-electron chi connectivity index (χ4n) is 3.50. The van der Waals surface area contributed by atoms with Gasteiger partial charge in [-0.2, -0.15) is 0 Å². The van der Waals surface area contributed by atoms with Crippen molar-refractivity contribution < 1.29 is 5.11 Å². The van der Waals surface area contributed by atoms with E-state index in [9.17, 15) is 5.11 Å². The molecular formula is C20H28N4O. The number of hydrogen-bond donors (Lipinski definition) is 2. The lowest BCUT2D eigenvalue weighted by Gasteiger charge is -2.27. The molecule has 2 atom stereocenters. The highest BCUT2D eigenvalue weighted by molar-refractivity contribution is 5.56. The zero-order valence-electron chi connectivity index (χ0n) is 15.0. The van der Waals surface area contributed by atoms with Gasteiger partial charge in [0.25, 0.3) is 0 Å². The standard InChI is InChI=1S/C20H28N4O/c1-2-17-14-19(24-20(23-17)16-9-12-21-13-10-16)22-11-5-7-15-6-3-4-8-18(15)25/h9-10,12-15,18,25H,2-8,11H2,1H3,(H,22,23,24). The maximum Gasteiger partial charge on any atom is 0.161 e. The predicted octanol–water partition coefficient (Wildman–Crippen LogP) is 3.84. The molecule has 5 heteroatoms. The number of pyridine rings is 1. The fraction of sp³-hybridized carbons (Fsp3) is 0.550. The zero-order valence-corrected chi connectivity index (χ0v) is 15.0. The second-order valence-electron chi connectivity index (χ2n) is 6.84. The lowest BCUT2D eigenvalue weighted by molar-refractivity contribution is 0.0648. The molecule has 0 saturated heterocycles. The SMILES string of the molecule is CCc1cc(NCCCC2CCCCC2O)nc(-c2ccncc2)n1. The molecule has 2 aromatic rings. The molecule has 0 aromatic carbocycles. The minimum Gasteiger partial charge on any atom is -0.393 e. The van der Waals surface area contributed by atoms with Gasteiger partial charge in [-0.15, -0.1) is 0 Å². The third-order valence-corrected chi connectivity index (χ3v) is 5.01. The van der Waals surface area contributed by atoms with Gasteiger partial charge in [-0.1, -0.05) is 19.8 Å². The van der Waals surface area contributed by atoms with Crippen LogP contribution in [-0.4, -0.2) is 32.7 Å². The lowest BCUT2D eigenvalue weighted by Crippen LogP contribution is -2.24. The number of aryl methyl sites for hydroxylation is 1. The first-order valence-electron chi connectivity index (χ1n) is 9.46. The second kappa shape index (κ2) is 8.90. The average Bonchev–Trinajstić information content (AvgIpc) is 2.67. The largest absolute Gasteiger partial charge is 0.393 e. The Morgan fingerprint density at radius 3 is 2.72 bits per heavy atom. The molecule has 25 heavy (non-hydrogen) atoms. The van der Waals surface area contributed by atoms with Gasteiger partial charge in [-0.05, 0) is 50.2 Å². The van der Waals surface area contributed by atoms with Crippen LogP contribution in [0.3, 0.4) is 0 Å². The Balaban J connectivity index is 1.58. The summed E-state index contributed by atoms with van der Waals surface area (Å²) in [6.45, 7) is 2.98. The van der Waals surface area contributed by atoms with Gasteiger partial charge in [-0.3, -0.25) is 4.98 Å². The van der Waals surface area contributed by atoms with E-state index in [2.05, 4.69) is 27.2 Å². The molecule has 0 aliphatic heterocycles. The summed E-state index contributed by atoms with van der Waals surface area (Å²) in [6.07, 6.45) is 11.0. The summed E-state index contributed by atoms with van der Waals surface area (Å²) in [5.74, 6) is 2.09. The van der Waals surface area contributed by atoms with E-state index in [1.165, 1.54) is 19.3 Å². The van der Waals surface area contributed by atoms with Crippen molar-refractivity contribution in [3.8, 4) is 11.4 Å². The van der Waals surface area contributed by atoms with Crippen molar-refractivity contribution in [2.24, 2.45) is 5.92 Å². The molecule has 1 fully saturated rings. The van der Waals surface area contributed by atoms with Gasteiger partial charge in [0.15, 0.2) is 5.82 Å². The summed E-state index contributed by atoms with van der Waals surface area (Å²) < 4.78 is 0. The summed E-state index contributed by atoms with van der Waals surface area (Å²) in [7, 11) is 0. The van der Waals surface area contributed by atoms with Crippen molar-refractivity contribution in [1.29, 1.82) is 0 Å². The fourth-order valence-corrected chi connectivity index (χ4v) is 3.50. The normalized spacial score (nSPS) is 20.4. The highest BCUT2D eigenvalue weighted by atomic mass is 16.3. The Morgan fingerprint density at radius 1 is 1.16 bits per heavy atom. The molecule has 134 valence electrons. The maximum absolute atomic E-state index is 10.1. The Hall–Kier alpha value is -2.01. The van der Waals surface area contributed by atoms with Crippen molar-refractivity contribution in [2.45, 2.75) is 58.0 Å². The molecule has 1 saturated carbocycles. The third kappa shape index (κ3) is 4.98. The monoisotopic (exact) mass is 340 g/mol. The highest BCUT2D eigenvalue weighted by Gasteiger charge is 2.22. The van der Waals surface area contributed by atoms with E-state index in [1.54, 1.807) is 12.4 Å². The molecule has 2 aromatic heterocycles. The van der Waals surface area contributed by atoms with Gasteiger partial charge in [0.05, 0.1) is 6.10 Å². The predicted molar refractivity (Wildman–Crippen MR) is 100 cm³/mol. The van der Waals surface area contributed by atoms with E-state index in [-0.39, 0.29) is 6.10 Å². The molecule has 3 rings (SSSR count). The minimum absolute atomic E-state index is 0.0993. The van der Waals surface area contributed by atoms with Gasteiger partial charge < -0.3 is 10.4 Å². The third-order valence-electron chi connectivity index (χ3n) is 5.01. The zero-order chi connectivity index (χ0) is 17.5. The second-order valence-corrected chi connectivity index (χ2v) is 6.84. The number of anilines is 1. The Morgan fingerprint density at radius 2 is 1.96 bits per heavy atom. The van der Waals surface area contributed by atoms with Gasteiger partial charge in [0.2, 0.25) is 0 Å². The summed E-state index contributed by atoms with van der Waals surface area (Å²) in [5.41, 5.74) is 2.02. The number of aliphatic hydroxyl groups excluding tert-OH is 1. The molecule has 0 radical (unpaired) electrons. The number of aliphatic hydroxyl groups is 1. The average molecular weight is 340 g/mol. The molecule has 0 bridgehead atoms. The van der Waals surface area contributed by atoms with Crippen LogP contribution in [0.4, 0.5) is 5.82 Å². The van der Waals surface area contributed by atoms with Crippen LogP contribution in [0.25, 0.3) is 11.4 Å². The molecule has 0 spiro atoms. The van der Waals surface area contributed by atoms with Crippen molar-refractivity contribution in [2.75, 3.05) is 11.9 Å². The smallest absolute Gasteiger partial charge is 0.161 e. The molecule has 2 unspecified atom stereocenters. The molecule has 2 N–H and O–H groups in total. The van der Waals surface area contributed by atoms with Crippen LogP contribution in [-0.2, 0) is 6.42 Å². The summed E-state index contributed by atoms with van der Waals surface area (Å²) in [4.78, 5) is 13.3. The Labute approximate surface area is 150 Å². The topological polar surface area (TPSA) is 70.9 Å². The number of nitrogens with zero attached hydrogens (tertiary/aromatic N) is 3. The van der Waals surface area contributed by atoms with Crippen LogP contribution in [0.1, 0.15) is 51.1 Å². The van der Waals surface area contributed by atoms with E-state index >= 15 is 0 Å². The van der Waals surface area contributed by atoms with Gasteiger partial charge in [-0.25, -0.2) is 9.97 Å². The first kappa shape index (κ1) is 17.8. The molecule has 2 heterocycles. The summed E-state index contributed by atoms with van der Waals surface area (Å²) in [5, 5.41) is 13.5. The number of hydrogen-bond acceptors (Lipinski definition) is 5. The van der Waals surface area contributed by atoms with Crippen LogP contribution in [0.2, 0.25) is 0 Å². The van der Waals surface area contributed by atoms with E-state index in [0.29, 0.717) is 5.92 Å². The van der Waals surface area contributed by atoms with Crippen molar-refractivity contribution >= 4 is 5.82 Å². The van der Waals surface area contributed by atoms with Gasteiger partial charge in [0.1, 0.15) is 5.82 Å². The van der Waals surface area contributed by atoms with Crippen LogP contribution >= 0.6 is 0 Å². The summed E-state index contributed by atoms with van der Waals surface area (Å²) >= 11 is 0. The Bertz CT molecular complexity index is 662. The minimum atomic E-state index is -0.0993. The van der Waals surface area contributed by atoms with Crippen LogP contribution < -0.4 is 5.32 Å². The van der Waals surface area contributed by atoms with E-state index in [0.717, 1.165) is 55.1 Å². The van der Waals surface area contributed by atoms with Crippen molar-refractivity contribution in [3.63, 3.8) is 0 Å². The molecule has 1 aliphatic carbocycles. The first-order chi connectivity index (χ1) is 12.3. The summed E-state index contributed by atoms with van der Waals surface area (Å²) in [6, 6.07) is 5.90. The van der Waals surface area contributed by atoms with E-state index in [1.807, 2.05) is 18.2 Å². The lowest BCUT2D eigenvalue weighted by atomic mass is 9.83. The highest BCUT2D eigenvalue weighted by Crippen LogP contribution is 2.28. The van der Waals surface area contributed by atoms with Crippen molar-refractivity contribution in [1.82, 2.24) is 15.0 Å². The van der Waals surface area contributed by atoms with Gasteiger partial charge in [0, 0.05) is 36.3 Å². The number of nitrogens with one attached hydrogen (secondary N) is 1. The number of rotatable bonds is 7. The molecule has 5 nitrogen and oxygen atoms in total.